The molecule has 5 heteroatoms. The molecule has 0 aromatic rings. The van der Waals surface area contributed by atoms with Gasteiger partial charge in [0.25, 0.3) is 0 Å². The summed E-state index contributed by atoms with van der Waals surface area (Å²) in [5, 5.41) is 0. The summed E-state index contributed by atoms with van der Waals surface area (Å²) in [6.07, 6.45) is 7.51. The molecule has 0 N–H and O–H groups in total. The Morgan fingerprint density at radius 3 is 1.32 bits per heavy atom. The molecule has 0 aliphatic heterocycles. The van der Waals surface area contributed by atoms with Crippen LogP contribution in [-0.2, 0) is 15.7 Å². The fourth-order valence-electron chi connectivity index (χ4n) is 2.97. The number of rotatable bonds is 14. The van der Waals surface area contributed by atoms with Crippen molar-refractivity contribution in [3.63, 3.8) is 0 Å². The molecule has 0 aromatic carbocycles. The first-order chi connectivity index (χ1) is 11.9. The second-order valence-electron chi connectivity index (χ2n) is 6.95. The van der Waals surface area contributed by atoms with Gasteiger partial charge >= 0.3 is 160 Å². The average molecular weight is 463 g/mol. The van der Waals surface area contributed by atoms with Gasteiger partial charge in [0.05, 0.1) is 0 Å². The molecule has 0 amide bonds. The zero-order chi connectivity index (χ0) is 19.3. The van der Waals surface area contributed by atoms with Crippen LogP contribution in [0.1, 0.15) is 92.9 Å². The molecule has 0 aliphatic carbocycles. The van der Waals surface area contributed by atoms with Crippen LogP contribution in [0.4, 0.5) is 0 Å². The molecule has 148 valence electrons. The van der Waals surface area contributed by atoms with Crippen molar-refractivity contribution in [2.45, 2.75) is 102 Å². The van der Waals surface area contributed by atoms with Crippen LogP contribution in [0.2, 0.25) is 8.87 Å². The number of hydrogen-bond donors (Lipinski definition) is 0. The summed E-state index contributed by atoms with van der Waals surface area (Å²) in [6, 6.07) is 0. The fraction of sp³-hybridized carbons (Fsp3) is 0.900. The van der Waals surface area contributed by atoms with Gasteiger partial charge in [0.15, 0.2) is 0 Å². The van der Waals surface area contributed by atoms with E-state index in [1.807, 2.05) is 27.7 Å². The Kier molecular flexibility index (Phi) is 13.7. The Morgan fingerprint density at radius 1 is 0.720 bits per heavy atom. The van der Waals surface area contributed by atoms with Gasteiger partial charge < -0.3 is 0 Å². The molecular formula is C20H40O4Sn. The standard InChI is InChI=1S/2C8H16O2.2C2H5.Sn/c2*1-3-5-6-7(4-2)8(9)10;2*1-2;/h2*7H,3-6H2,1-2H3,(H,9,10);2*1H2,2H3;/q;;;;+2/p-2. The van der Waals surface area contributed by atoms with Crippen molar-refractivity contribution in [1.29, 1.82) is 0 Å². The van der Waals surface area contributed by atoms with Gasteiger partial charge in [-0.3, -0.25) is 0 Å². The zero-order valence-electron chi connectivity index (χ0n) is 17.4. The third-order valence-electron chi connectivity index (χ3n) is 5.12. The summed E-state index contributed by atoms with van der Waals surface area (Å²) in [5.74, 6) is -0.389. The molecule has 0 spiro atoms. The molecule has 0 saturated carbocycles. The van der Waals surface area contributed by atoms with Crippen molar-refractivity contribution < 1.29 is 15.7 Å². The Labute approximate surface area is 160 Å². The van der Waals surface area contributed by atoms with E-state index >= 15 is 0 Å². The Hall–Kier alpha value is -0.261. The minimum atomic E-state index is -3.67. The molecule has 4 nitrogen and oxygen atoms in total. The van der Waals surface area contributed by atoms with Crippen molar-refractivity contribution in [3.8, 4) is 0 Å². The van der Waals surface area contributed by atoms with Gasteiger partial charge in [0.1, 0.15) is 0 Å². The van der Waals surface area contributed by atoms with E-state index in [2.05, 4.69) is 13.8 Å². The van der Waals surface area contributed by atoms with Crippen LogP contribution in [0.5, 0.6) is 0 Å². The zero-order valence-corrected chi connectivity index (χ0v) is 20.2. The second kappa shape index (κ2) is 13.9. The number of carbonyl (C=O) groups excluding carboxylic acids is 2. The molecule has 0 aliphatic rings. The predicted octanol–water partition coefficient (Wildman–Crippen LogP) is 5.99. The van der Waals surface area contributed by atoms with Crippen LogP contribution in [-0.4, -0.2) is 31.1 Å². The second-order valence-corrected chi connectivity index (χ2v) is 17.4. The Morgan fingerprint density at radius 2 is 1.08 bits per heavy atom. The first kappa shape index (κ1) is 24.7. The average Bonchev–Trinajstić information content (AvgIpc) is 2.62. The van der Waals surface area contributed by atoms with Crippen LogP contribution < -0.4 is 0 Å². The first-order valence-corrected chi connectivity index (χ1v) is 16.8. The normalized spacial score (nSPS) is 14.0. The molecular weight excluding hydrogens is 423 g/mol. The molecule has 0 fully saturated rings. The molecule has 0 aromatic heterocycles. The van der Waals surface area contributed by atoms with E-state index in [1.54, 1.807) is 0 Å². The maximum atomic E-state index is 12.6. The molecule has 0 bridgehead atoms. The van der Waals surface area contributed by atoms with Crippen molar-refractivity contribution in [2.24, 2.45) is 11.8 Å². The van der Waals surface area contributed by atoms with Gasteiger partial charge in [-0.15, -0.1) is 0 Å². The number of unbranched alkanes of at least 4 members (excludes halogenated alkanes) is 2. The van der Waals surface area contributed by atoms with Gasteiger partial charge in [0, 0.05) is 0 Å². The van der Waals surface area contributed by atoms with E-state index in [0.29, 0.717) is 8.87 Å². The van der Waals surface area contributed by atoms with Gasteiger partial charge in [-0.25, -0.2) is 0 Å². The fourth-order valence-corrected chi connectivity index (χ4v) is 9.21. The van der Waals surface area contributed by atoms with Crippen molar-refractivity contribution in [2.75, 3.05) is 0 Å². The first-order valence-electron chi connectivity index (χ1n) is 10.4. The molecule has 0 radical (unpaired) electrons. The molecule has 2 atom stereocenters. The van der Waals surface area contributed by atoms with Crippen molar-refractivity contribution in [1.82, 2.24) is 0 Å². The monoisotopic (exact) mass is 464 g/mol. The molecule has 0 rings (SSSR count). The van der Waals surface area contributed by atoms with E-state index in [9.17, 15) is 9.59 Å². The van der Waals surface area contributed by atoms with E-state index in [0.717, 1.165) is 51.4 Å². The number of hydrogen-bond acceptors (Lipinski definition) is 4. The van der Waals surface area contributed by atoms with Crippen LogP contribution in [0.3, 0.4) is 0 Å². The SMILES string of the molecule is CCCCC(CC)C(=O)[O][Sn]([CH2]C)([CH2]C)[O]C(=O)C(CC)CCCC. The van der Waals surface area contributed by atoms with Gasteiger partial charge in [-0.2, -0.15) is 0 Å². The van der Waals surface area contributed by atoms with E-state index in [-0.39, 0.29) is 23.8 Å². The Bertz CT molecular complexity index is 348. The van der Waals surface area contributed by atoms with Crippen molar-refractivity contribution >= 4 is 31.1 Å². The van der Waals surface area contributed by atoms with Crippen LogP contribution in [0, 0.1) is 11.8 Å². The topological polar surface area (TPSA) is 52.6 Å². The van der Waals surface area contributed by atoms with Gasteiger partial charge in [0.2, 0.25) is 0 Å². The molecule has 25 heavy (non-hydrogen) atoms. The van der Waals surface area contributed by atoms with Gasteiger partial charge in [-0.1, -0.05) is 0 Å². The minimum absolute atomic E-state index is 0.0603. The maximum absolute atomic E-state index is 12.6. The summed E-state index contributed by atoms with van der Waals surface area (Å²) in [5.41, 5.74) is 0. The number of carbonyl (C=O) groups is 2. The summed E-state index contributed by atoms with van der Waals surface area (Å²) < 4.78 is 13.4. The Balaban J connectivity index is 5.02. The van der Waals surface area contributed by atoms with E-state index in [4.69, 9.17) is 6.15 Å². The quantitative estimate of drug-likeness (QED) is 0.297. The van der Waals surface area contributed by atoms with Gasteiger partial charge in [-0.05, 0) is 0 Å². The molecule has 2 unspecified atom stereocenters. The molecule has 0 heterocycles. The van der Waals surface area contributed by atoms with Crippen LogP contribution in [0.15, 0.2) is 0 Å². The molecule has 0 saturated heterocycles. The predicted molar refractivity (Wildman–Crippen MR) is 106 cm³/mol. The van der Waals surface area contributed by atoms with Crippen LogP contribution in [0.25, 0.3) is 0 Å². The van der Waals surface area contributed by atoms with E-state index < -0.39 is 19.2 Å². The third-order valence-corrected chi connectivity index (χ3v) is 14.5. The van der Waals surface area contributed by atoms with Crippen LogP contribution >= 0.6 is 0 Å². The van der Waals surface area contributed by atoms with Crippen molar-refractivity contribution in [3.05, 3.63) is 0 Å². The summed E-state index contributed by atoms with van der Waals surface area (Å²) in [6.45, 7) is 12.3. The van der Waals surface area contributed by atoms with E-state index in [1.165, 1.54) is 0 Å². The third kappa shape index (κ3) is 8.78. The summed E-state index contributed by atoms with van der Waals surface area (Å²) in [7, 11) is 0. The summed E-state index contributed by atoms with van der Waals surface area (Å²) in [4.78, 5) is 25.3. The summed E-state index contributed by atoms with van der Waals surface area (Å²) >= 11 is -3.67.